The lowest BCUT2D eigenvalue weighted by Crippen LogP contribution is -2.24. The standard InChI is InChI=1S/C17H16N2O4/c1-22-14-5-3-2-4-12(14)10-18-16(20)9-11-6-7-15-13(8-11)19-17(21)23-15/h2-8H,9-10H2,1H3,(H,18,20)(H,19,21). The molecule has 0 spiro atoms. The number of methoxy groups -OCH3 is 1. The summed E-state index contributed by atoms with van der Waals surface area (Å²) >= 11 is 0. The van der Waals surface area contributed by atoms with Crippen LogP contribution >= 0.6 is 0 Å². The van der Waals surface area contributed by atoms with E-state index in [4.69, 9.17) is 9.15 Å². The quantitative estimate of drug-likeness (QED) is 0.754. The maximum Gasteiger partial charge on any atom is 0.417 e. The fraction of sp³-hybridized carbons (Fsp3) is 0.176. The minimum absolute atomic E-state index is 0.110. The maximum atomic E-state index is 12.1. The van der Waals surface area contributed by atoms with Crippen molar-refractivity contribution >= 4 is 17.0 Å². The number of benzene rings is 2. The molecule has 6 nitrogen and oxygen atoms in total. The summed E-state index contributed by atoms with van der Waals surface area (Å²) in [5.41, 5.74) is 2.78. The van der Waals surface area contributed by atoms with Gasteiger partial charge in [0.15, 0.2) is 5.58 Å². The third-order valence-corrected chi connectivity index (χ3v) is 3.52. The minimum Gasteiger partial charge on any atom is -0.496 e. The normalized spacial score (nSPS) is 10.7. The molecule has 0 aliphatic heterocycles. The van der Waals surface area contributed by atoms with Crippen molar-refractivity contribution in [2.24, 2.45) is 0 Å². The monoisotopic (exact) mass is 312 g/mol. The topological polar surface area (TPSA) is 84.3 Å². The molecule has 0 saturated carbocycles. The number of ether oxygens (including phenoxy) is 1. The number of oxazole rings is 1. The molecule has 1 aromatic heterocycles. The van der Waals surface area contributed by atoms with Gasteiger partial charge in [0.1, 0.15) is 5.75 Å². The number of carbonyl (C=O) groups excluding carboxylic acids is 1. The van der Waals surface area contributed by atoms with Crippen LogP contribution < -0.4 is 15.8 Å². The summed E-state index contributed by atoms with van der Waals surface area (Å²) in [5.74, 6) is 0.129. The van der Waals surface area contributed by atoms with Gasteiger partial charge in [-0.3, -0.25) is 9.78 Å². The summed E-state index contributed by atoms with van der Waals surface area (Å²) in [6.45, 7) is 0.396. The summed E-state index contributed by atoms with van der Waals surface area (Å²) in [7, 11) is 1.60. The molecule has 0 saturated heterocycles. The Morgan fingerprint density at radius 2 is 2.09 bits per heavy atom. The molecule has 2 aromatic carbocycles. The average Bonchev–Trinajstić information content (AvgIpc) is 2.92. The average molecular weight is 312 g/mol. The number of carbonyl (C=O) groups is 1. The van der Waals surface area contributed by atoms with Crippen LogP contribution in [0.1, 0.15) is 11.1 Å². The molecule has 2 N–H and O–H groups in total. The van der Waals surface area contributed by atoms with Crippen molar-refractivity contribution in [2.75, 3.05) is 7.11 Å². The predicted octanol–water partition coefficient (Wildman–Crippen LogP) is 1.99. The Kier molecular flexibility index (Phi) is 4.14. The van der Waals surface area contributed by atoms with Gasteiger partial charge >= 0.3 is 5.76 Å². The number of rotatable bonds is 5. The van der Waals surface area contributed by atoms with E-state index in [1.807, 2.05) is 24.3 Å². The highest BCUT2D eigenvalue weighted by atomic mass is 16.5. The molecule has 6 heteroatoms. The second kappa shape index (κ2) is 6.39. The van der Waals surface area contributed by atoms with Crippen molar-refractivity contribution in [1.82, 2.24) is 10.3 Å². The smallest absolute Gasteiger partial charge is 0.417 e. The summed E-state index contributed by atoms with van der Waals surface area (Å²) in [5, 5.41) is 2.86. The molecule has 1 amide bonds. The number of fused-ring (bicyclic) bond motifs is 1. The Hall–Kier alpha value is -3.02. The molecule has 118 valence electrons. The van der Waals surface area contributed by atoms with Gasteiger partial charge < -0.3 is 14.5 Å². The minimum atomic E-state index is -0.502. The van der Waals surface area contributed by atoms with Gasteiger partial charge in [-0.2, -0.15) is 0 Å². The van der Waals surface area contributed by atoms with Crippen LogP contribution in [-0.4, -0.2) is 18.0 Å². The van der Waals surface area contributed by atoms with Gasteiger partial charge in [-0.15, -0.1) is 0 Å². The van der Waals surface area contributed by atoms with E-state index >= 15 is 0 Å². The van der Waals surface area contributed by atoms with E-state index in [1.54, 1.807) is 25.3 Å². The van der Waals surface area contributed by atoms with Crippen LogP contribution in [-0.2, 0) is 17.8 Å². The van der Waals surface area contributed by atoms with Gasteiger partial charge in [-0.1, -0.05) is 24.3 Å². The zero-order valence-corrected chi connectivity index (χ0v) is 12.6. The largest absolute Gasteiger partial charge is 0.496 e. The number of aromatic amines is 1. The number of aromatic nitrogens is 1. The van der Waals surface area contributed by atoms with Gasteiger partial charge in [0, 0.05) is 12.1 Å². The number of hydrogen-bond donors (Lipinski definition) is 2. The fourth-order valence-corrected chi connectivity index (χ4v) is 2.40. The Bertz CT molecular complexity index is 895. The van der Waals surface area contributed by atoms with Crippen molar-refractivity contribution < 1.29 is 13.9 Å². The molecule has 0 bridgehead atoms. The molecule has 0 radical (unpaired) electrons. The third kappa shape index (κ3) is 3.42. The molecule has 3 aromatic rings. The summed E-state index contributed by atoms with van der Waals surface area (Å²) in [4.78, 5) is 25.8. The van der Waals surface area contributed by atoms with Crippen LogP contribution in [0.4, 0.5) is 0 Å². The number of amides is 1. The Labute approximate surface area is 132 Å². The number of H-pyrrole nitrogens is 1. The van der Waals surface area contributed by atoms with Crippen molar-refractivity contribution in [2.45, 2.75) is 13.0 Å². The Morgan fingerprint density at radius 1 is 1.26 bits per heavy atom. The zero-order chi connectivity index (χ0) is 16.2. The van der Waals surface area contributed by atoms with E-state index in [9.17, 15) is 9.59 Å². The molecule has 0 aliphatic rings. The van der Waals surface area contributed by atoms with Crippen LogP contribution in [0.15, 0.2) is 51.7 Å². The Morgan fingerprint density at radius 3 is 2.91 bits per heavy atom. The van der Waals surface area contributed by atoms with Gasteiger partial charge in [-0.05, 0) is 23.8 Å². The molecular weight excluding hydrogens is 296 g/mol. The van der Waals surface area contributed by atoms with Gasteiger partial charge in [0.25, 0.3) is 0 Å². The summed E-state index contributed by atoms with van der Waals surface area (Å²) in [6, 6.07) is 12.7. The fourth-order valence-electron chi connectivity index (χ4n) is 2.40. The number of para-hydroxylation sites is 1. The van der Waals surface area contributed by atoms with Crippen LogP contribution in [0.3, 0.4) is 0 Å². The first-order valence-corrected chi connectivity index (χ1v) is 7.16. The molecule has 1 heterocycles. The van der Waals surface area contributed by atoms with Gasteiger partial charge in [-0.25, -0.2) is 4.79 Å². The lowest BCUT2D eigenvalue weighted by molar-refractivity contribution is -0.120. The maximum absolute atomic E-state index is 12.1. The zero-order valence-electron chi connectivity index (χ0n) is 12.6. The van der Waals surface area contributed by atoms with E-state index in [0.29, 0.717) is 17.6 Å². The first kappa shape index (κ1) is 14.9. The second-order valence-corrected chi connectivity index (χ2v) is 5.11. The lowest BCUT2D eigenvalue weighted by atomic mass is 10.1. The molecular formula is C17H16N2O4. The van der Waals surface area contributed by atoms with Crippen molar-refractivity contribution in [3.8, 4) is 5.75 Å². The van der Waals surface area contributed by atoms with E-state index < -0.39 is 5.76 Å². The summed E-state index contributed by atoms with van der Waals surface area (Å²) in [6.07, 6.45) is 0.221. The second-order valence-electron chi connectivity index (χ2n) is 5.11. The van der Waals surface area contributed by atoms with Crippen LogP contribution in [0.5, 0.6) is 5.75 Å². The predicted molar refractivity (Wildman–Crippen MR) is 85.4 cm³/mol. The van der Waals surface area contributed by atoms with E-state index in [0.717, 1.165) is 16.9 Å². The van der Waals surface area contributed by atoms with E-state index in [-0.39, 0.29) is 12.3 Å². The number of hydrogen-bond acceptors (Lipinski definition) is 4. The van der Waals surface area contributed by atoms with Crippen molar-refractivity contribution in [3.63, 3.8) is 0 Å². The third-order valence-electron chi connectivity index (χ3n) is 3.52. The molecule has 23 heavy (non-hydrogen) atoms. The van der Waals surface area contributed by atoms with Crippen LogP contribution in [0.2, 0.25) is 0 Å². The van der Waals surface area contributed by atoms with E-state index in [2.05, 4.69) is 10.3 Å². The van der Waals surface area contributed by atoms with Crippen LogP contribution in [0.25, 0.3) is 11.1 Å². The highest BCUT2D eigenvalue weighted by molar-refractivity contribution is 5.81. The SMILES string of the molecule is COc1ccccc1CNC(=O)Cc1ccc2oc(=O)[nH]c2c1. The Balaban J connectivity index is 1.65. The van der Waals surface area contributed by atoms with Crippen molar-refractivity contribution in [3.05, 3.63) is 64.1 Å². The summed E-state index contributed by atoms with van der Waals surface area (Å²) < 4.78 is 10.2. The molecule has 0 aliphatic carbocycles. The highest BCUT2D eigenvalue weighted by Crippen LogP contribution is 2.17. The van der Waals surface area contributed by atoms with Crippen molar-refractivity contribution in [1.29, 1.82) is 0 Å². The first-order chi connectivity index (χ1) is 11.2. The molecule has 3 rings (SSSR count). The lowest BCUT2D eigenvalue weighted by Gasteiger charge is -2.09. The van der Waals surface area contributed by atoms with Gasteiger partial charge in [0.2, 0.25) is 5.91 Å². The highest BCUT2D eigenvalue weighted by Gasteiger charge is 2.08. The molecule has 0 atom stereocenters. The van der Waals surface area contributed by atoms with Gasteiger partial charge in [0.05, 0.1) is 19.0 Å². The molecule has 0 unspecified atom stereocenters. The van der Waals surface area contributed by atoms with E-state index in [1.165, 1.54) is 0 Å². The molecule has 0 fully saturated rings. The first-order valence-electron chi connectivity index (χ1n) is 7.16. The number of nitrogens with one attached hydrogen (secondary N) is 2. The van der Waals surface area contributed by atoms with Crippen LogP contribution in [0, 0.1) is 0 Å².